The van der Waals surface area contributed by atoms with Crippen molar-refractivity contribution >= 4 is 35.2 Å². The first-order chi connectivity index (χ1) is 18.2. The normalized spacial score (nSPS) is 17.3. The third-order valence-electron chi connectivity index (χ3n) is 6.10. The number of carbonyl (C=O) groups is 3. The lowest BCUT2D eigenvalue weighted by Gasteiger charge is -2.39. The summed E-state index contributed by atoms with van der Waals surface area (Å²) in [5, 5.41) is 6.48. The van der Waals surface area contributed by atoms with Crippen LogP contribution in [0.1, 0.15) is 44.4 Å². The number of hydrogen-bond donors (Lipinski definition) is 2. The largest absolute Gasteiger partial charge is 0.497 e. The van der Waals surface area contributed by atoms with Crippen LogP contribution in [0.25, 0.3) is 0 Å². The van der Waals surface area contributed by atoms with Gasteiger partial charge >= 0.3 is 12.0 Å². The molecule has 0 saturated heterocycles. The van der Waals surface area contributed by atoms with E-state index in [1.807, 2.05) is 30.3 Å². The molecule has 0 bridgehead atoms. The minimum atomic E-state index is -0.745. The van der Waals surface area contributed by atoms with Crippen molar-refractivity contribution in [3.63, 3.8) is 0 Å². The Morgan fingerprint density at radius 1 is 1.16 bits per heavy atom. The predicted molar refractivity (Wildman–Crippen MR) is 146 cm³/mol. The fraction of sp³-hybridized carbons (Fsp3) is 0.429. The summed E-state index contributed by atoms with van der Waals surface area (Å²) in [4.78, 5) is 44.0. The maximum Gasteiger partial charge on any atom is 0.344 e. The van der Waals surface area contributed by atoms with Gasteiger partial charge in [0.15, 0.2) is 0 Å². The lowest BCUT2D eigenvalue weighted by Crippen LogP contribution is -2.48. The van der Waals surface area contributed by atoms with Crippen LogP contribution < -0.4 is 15.4 Å². The van der Waals surface area contributed by atoms with Gasteiger partial charge in [-0.2, -0.15) is 0 Å². The molecule has 9 nitrogen and oxygen atoms in total. The van der Waals surface area contributed by atoms with E-state index in [0.717, 1.165) is 16.9 Å². The minimum absolute atomic E-state index is 0.136. The molecule has 38 heavy (non-hydrogen) atoms. The Morgan fingerprint density at radius 2 is 1.89 bits per heavy atom. The van der Waals surface area contributed by atoms with Gasteiger partial charge in [0, 0.05) is 23.8 Å². The van der Waals surface area contributed by atoms with E-state index >= 15 is 0 Å². The smallest absolute Gasteiger partial charge is 0.344 e. The third kappa shape index (κ3) is 8.03. The molecule has 0 fully saturated rings. The Labute approximate surface area is 228 Å². The molecule has 2 N–H and O–H groups in total. The van der Waals surface area contributed by atoms with E-state index in [1.54, 1.807) is 51.0 Å². The van der Waals surface area contributed by atoms with Crippen molar-refractivity contribution in [2.24, 2.45) is 10.9 Å². The van der Waals surface area contributed by atoms with Crippen LogP contribution in [0.5, 0.6) is 5.75 Å². The molecule has 0 saturated carbocycles. The molecule has 3 rings (SSSR count). The fourth-order valence-electron chi connectivity index (χ4n) is 4.30. The zero-order valence-corrected chi connectivity index (χ0v) is 23.0. The number of urea groups is 1. The lowest BCUT2D eigenvalue weighted by molar-refractivity contribution is -0.151. The van der Waals surface area contributed by atoms with E-state index < -0.39 is 24.0 Å². The van der Waals surface area contributed by atoms with E-state index in [1.165, 1.54) is 0 Å². The van der Waals surface area contributed by atoms with Gasteiger partial charge in [0.2, 0.25) is 5.91 Å². The number of ether oxygens (including phenoxy) is 2. The lowest BCUT2D eigenvalue weighted by atomic mass is 9.86. The van der Waals surface area contributed by atoms with Gasteiger partial charge in [-0.15, -0.1) is 0 Å². The molecule has 0 aromatic heterocycles. The Morgan fingerprint density at radius 3 is 2.55 bits per heavy atom. The first kappa shape index (κ1) is 29.1. The first-order valence-electron chi connectivity index (χ1n) is 12.6. The maximum absolute atomic E-state index is 13.1. The highest BCUT2D eigenvalue weighted by molar-refractivity contribution is 6.30. The van der Waals surface area contributed by atoms with E-state index in [0.29, 0.717) is 36.8 Å². The molecule has 10 heteroatoms. The second kappa shape index (κ2) is 13.9. The molecule has 3 amide bonds. The number of benzene rings is 2. The number of hydrogen-bond acceptors (Lipinski definition) is 6. The second-order valence-electron chi connectivity index (χ2n) is 9.35. The van der Waals surface area contributed by atoms with Gasteiger partial charge in [-0.3, -0.25) is 9.59 Å². The Hall–Kier alpha value is -3.43. The summed E-state index contributed by atoms with van der Waals surface area (Å²) in [6, 6.07) is 13.6. The van der Waals surface area contributed by atoms with Gasteiger partial charge < -0.3 is 25.0 Å². The van der Waals surface area contributed by atoms with Crippen molar-refractivity contribution < 1.29 is 23.9 Å². The summed E-state index contributed by atoms with van der Waals surface area (Å²) < 4.78 is 10.6. The summed E-state index contributed by atoms with van der Waals surface area (Å²) in [6.07, 6.45) is 0.246. The van der Waals surface area contributed by atoms with Crippen molar-refractivity contribution in [3.8, 4) is 5.75 Å². The van der Waals surface area contributed by atoms with Crippen LogP contribution in [0, 0.1) is 5.92 Å². The van der Waals surface area contributed by atoms with Crippen LogP contribution in [-0.4, -0.2) is 61.4 Å². The SMILES string of the molecule is COc1ccc(CNC(=O)CNCCCN2C(=O)N=C(C)C(C(=O)OC(C)C)C2c2cccc(Cl)c2)cc1. The van der Waals surface area contributed by atoms with E-state index in [9.17, 15) is 14.4 Å². The van der Waals surface area contributed by atoms with Crippen LogP contribution in [-0.2, 0) is 20.9 Å². The van der Waals surface area contributed by atoms with Crippen molar-refractivity contribution in [1.29, 1.82) is 0 Å². The number of halogens is 1. The highest BCUT2D eigenvalue weighted by Gasteiger charge is 2.43. The zero-order valence-electron chi connectivity index (χ0n) is 22.2. The monoisotopic (exact) mass is 542 g/mol. The maximum atomic E-state index is 13.1. The molecule has 0 radical (unpaired) electrons. The van der Waals surface area contributed by atoms with Crippen LogP contribution in [0.4, 0.5) is 4.79 Å². The molecular weight excluding hydrogens is 508 g/mol. The highest BCUT2D eigenvalue weighted by atomic mass is 35.5. The molecule has 2 unspecified atom stereocenters. The number of carbonyl (C=O) groups excluding carboxylic acids is 3. The highest BCUT2D eigenvalue weighted by Crippen LogP contribution is 2.36. The van der Waals surface area contributed by atoms with Gasteiger partial charge in [0.25, 0.3) is 0 Å². The molecule has 1 aliphatic rings. The first-order valence-corrected chi connectivity index (χ1v) is 13.0. The number of methoxy groups -OCH3 is 1. The number of nitrogens with zero attached hydrogens (tertiary/aromatic N) is 2. The molecule has 2 atom stereocenters. The van der Waals surface area contributed by atoms with Gasteiger partial charge in [0.1, 0.15) is 11.7 Å². The average molecular weight is 543 g/mol. The molecule has 204 valence electrons. The van der Waals surface area contributed by atoms with E-state index in [4.69, 9.17) is 21.1 Å². The van der Waals surface area contributed by atoms with Gasteiger partial charge in [-0.05, 0) is 69.1 Å². The predicted octanol–water partition coefficient (Wildman–Crippen LogP) is 4.15. The van der Waals surface area contributed by atoms with Crippen LogP contribution in [0.3, 0.4) is 0 Å². The molecule has 0 aliphatic carbocycles. The van der Waals surface area contributed by atoms with E-state index in [-0.39, 0.29) is 18.6 Å². The molecule has 2 aromatic carbocycles. The Balaban J connectivity index is 1.58. The van der Waals surface area contributed by atoms with Crippen molar-refractivity contribution in [1.82, 2.24) is 15.5 Å². The van der Waals surface area contributed by atoms with Crippen LogP contribution in [0.2, 0.25) is 5.02 Å². The molecule has 1 aliphatic heterocycles. The van der Waals surface area contributed by atoms with E-state index in [2.05, 4.69) is 15.6 Å². The zero-order chi connectivity index (χ0) is 27.7. The Bertz CT molecular complexity index is 1150. The van der Waals surface area contributed by atoms with Crippen molar-refractivity contribution in [3.05, 3.63) is 64.7 Å². The topological polar surface area (TPSA) is 109 Å². The number of aliphatic imine (C=N–C) groups is 1. The van der Waals surface area contributed by atoms with Crippen LogP contribution in [0.15, 0.2) is 53.5 Å². The molecule has 0 spiro atoms. The minimum Gasteiger partial charge on any atom is -0.497 e. The standard InChI is InChI=1S/C28H35ClN4O5/c1-18(2)38-27(35)25-19(3)32-28(36)33(26(25)21-7-5-8-22(29)15-21)14-6-13-30-17-24(34)31-16-20-9-11-23(37-4)12-10-20/h5,7-12,15,18,25-26,30H,6,13-14,16-17H2,1-4H3,(H,31,34). The van der Waals surface area contributed by atoms with Crippen molar-refractivity contribution in [2.45, 2.75) is 45.9 Å². The number of esters is 1. The summed E-state index contributed by atoms with van der Waals surface area (Å²) in [7, 11) is 1.61. The molecular formula is C28H35ClN4O5. The van der Waals surface area contributed by atoms with Gasteiger partial charge in [0.05, 0.1) is 25.8 Å². The fourth-order valence-corrected chi connectivity index (χ4v) is 4.50. The average Bonchev–Trinajstić information content (AvgIpc) is 2.87. The summed E-state index contributed by atoms with van der Waals surface area (Å²) in [6.45, 7) is 6.62. The summed E-state index contributed by atoms with van der Waals surface area (Å²) in [5.41, 5.74) is 2.11. The van der Waals surface area contributed by atoms with Gasteiger partial charge in [-0.1, -0.05) is 35.9 Å². The van der Waals surface area contributed by atoms with Gasteiger partial charge in [-0.25, -0.2) is 9.79 Å². The summed E-state index contributed by atoms with van der Waals surface area (Å²) >= 11 is 6.25. The van der Waals surface area contributed by atoms with Crippen LogP contribution >= 0.6 is 11.6 Å². The van der Waals surface area contributed by atoms with Crippen molar-refractivity contribution in [2.75, 3.05) is 26.7 Å². The third-order valence-corrected chi connectivity index (χ3v) is 6.34. The second-order valence-corrected chi connectivity index (χ2v) is 9.78. The Kier molecular flexibility index (Phi) is 10.7. The number of nitrogens with one attached hydrogen (secondary N) is 2. The molecule has 1 heterocycles. The number of rotatable bonds is 12. The molecule has 2 aromatic rings. The quantitative estimate of drug-likeness (QED) is 0.308. The number of amides is 3. The summed E-state index contributed by atoms with van der Waals surface area (Å²) in [5.74, 6) is -0.556.